The summed E-state index contributed by atoms with van der Waals surface area (Å²) < 4.78 is 37.5. The van der Waals surface area contributed by atoms with E-state index in [1.807, 2.05) is 0 Å². The highest BCUT2D eigenvalue weighted by Crippen LogP contribution is 2.31. The fourth-order valence-electron chi connectivity index (χ4n) is 1.46. The van der Waals surface area contributed by atoms with Crippen molar-refractivity contribution in [1.82, 2.24) is 15.2 Å². The van der Waals surface area contributed by atoms with Gasteiger partial charge in [-0.15, -0.1) is 0 Å². The van der Waals surface area contributed by atoms with Gasteiger partial charge in [0, 0.05) is 0 Å². The zero-order valence-corrected chi connectivity index (χ0v) is 9.49. The molecule has 0 saturated carbocycles. The third-order valence-corrected chi connectivity index (χ3v) is 2.38. The van der Waals surface area contributed by atoms with Crippen LogP contribution in [0.1, 0.15) is 17.0 Å². The lowest BCUT2D eigenvalue weighted by Crippen LogP contribution is -2.07. The number of alkyl halides is 3. The Hall–Kier alpha value is -2.56. The summed E-state index contributed by atoms with van der Waals surface area (Å²) >= 11 is 0. The summed E-state index contributed by atoms with van der Waals surface area (Å²) in [5, 5.41) is 17.9. The molecule has 0 spiro atoms. The molecule has 0 fully saturated rings. The van der Waals surface area contributed by atoms with Crippen molar-refractivity contribution < 1.29 is 13.2 Å². The van der Waals surface area contributed by atoms with Crippen molar-refractivity contribution in [2.45, 2.75) is 12.7 Å². The number of rotatable bonds is 3. The first-order valence-electron chi connectivity index (χ1n) is 5.20. The number of aromatic nitrogens is 3. The van der Waals surface area contributed by atoms with E-state index in [1.54, 1.807) is 6.07 Å². The van der Waals surface area contributed by atoms with Crippen LogP contribution in [-0.4, -0.2) is 15.2 Å². The van der Waals surface area contributed by atoms with Crippen LogP contribution in [0.4, 0.5) is 18.9 Å². The Kier molecular flexibility index (Phi) is 3.37. The minimum absolute atomic E-state index is 0.0747. The molecular formula is C11H8F3N5. The molecule has 0 bridgehead atoms. The van der Waals surface area contributed by atoms with E-state index in [4.69, 9.17) is 5.26 Å². The van der Waals surface area contributed by atoms with Crippen LogP contribution in [0.25, 0.3) is 0 Å². The van der Waals surface area contributed by atoms with Gasteiger partial charge in [-0.2, -0.15) is 23.5 Å². The number of anilines is 1. The Balaban J connectivity index is 2.20. The molecule has 98 valence electrons. The van der Waals surface area contributed by atoms with Gasteiger partial charge in [-0.3, -0.25) is 5.10 Å². The number of H-pyrrole nitrogens is 1. The van der Waals surface area contributed by atoms with Crippen LogP contribution in [0.15, 0.2) is 24.5 Å². The monoisotopic (exact) mass is 267 g/mol. The fraction of sp³-hybridized carbons (Fsp3) is 0.182. The molecule has 2 rings (SSSR count). The molecule has 0 atom stereocenters. The molecule has 0 unspecified atom stereocenters. The van der Waals surface area contributed by atoms with E-state index in [2.05, 4.69) is 20.5 Å². The van der Waals surface area contributed by atoms with Crippen LogP contribution >= 0.6 is 0 Å². The van der Waals surface area contributed by atoms with Gasteiger partial charge in [0.1, 0.15) is 18.2 Å². The highest BCUT2D eigenvalue weighted by Gasteiger charge is 2.31. The van der Waals surface area contributed by atoms with Crippen molar-refractivity contribution in [2.75, 3.05) is 5.32 Å². The first-order chi connectivity index (χ1) is 9.00. The topological polar surface area (TPSA) is 77.4 Å². The van der Waals surface area contributed by atoms with Crippen molar-refractivity contribution in [3.63, 3.8) is 0 Å². The summed E-state index contributed by atoms with van der Waals surface area (Å²) in [7, 11) is 0. The Bertz CT molecular complexity index is 598. The van der Waals surface area contributed by atoms with Gasteiger partial charge in [0.2, 0.25) is 0 Å². The van der Waals surface area contributed by atoms with Crippen LogP contribution in [0.2, 0.25) is 0 Å². The van der Waals surface area contributed by atoms with Crippen molar-refractivity contribution in [3.8, 4) is 6.07 Å². The largest absolute Gasteiger partial charge is 0.416 e. The molecule has 0 aliphatic carbocycles. The predicted molar refractivity (Wildman–Crippen MR) is 59.9 cm³/mol. The maximum Gasteiger partial charge on any atom is 0.416 e. The van der Waals surface area contributed by atoms with Gasteiger partial charge < -0.3 is 5.32 Å². The van der Waals surface area contributed by atoms with Crippen LogP contribution in [0.3, 0.4) is 0 Å². The minimum atomic E-state index is -4.46. The fourth-order valence-corrected chi connectivity index (χ4v) is 1.46. The summed E-state index contributed by atoms with van der Waals surface area (Å²) in [4.78, 5) is 3.85. The van der Waals surface area contributed by atoms with Gasteiger partial charge in [-0.25, -0.2) is 4.98 Å². The normalized spacial score (nSPS) is 11.1. The van der Waals surface area contributed by atoms with Crippen molar-refractivity contribution >= 4 is 5.69 Å². The quantitative estimate of drug-likeness (QED) is 0.894. The van der Waals surface area contributed by atoms with E-state index in [-0.39, 0.29) is 12.1 Å². The lowest BCUT2D eigenvalue weighted by atomic mass is 10.1. The Morgan fingerprint density at radius 3 is 2.74 bits per heavy atom. The lowest BCUT2D eigenvalue weighted by molar-refractivity contribution is -0.137. The molecule has 0 amide bonds. The van der Waals surface area contributed by atoms with Gasteiger partial charge in [0.15, 0.2) is 0 Å². The summed E-state index contributed by atoms with van der Waals surface area (Å²) in [6.45, 7) is 0.236. The average Bonchev–Trinajstić information content (AvgIpc) is 2.88. The van der Waals surface area contributed by atoms with E-state index in [0.29, 0.717) is 11.5 Å². The van der Waals surface area contributed by atoms with E-state index in [0.717, 1.165) is 12.1 Å². The van der Waals surface area contributed by atoms with Gasteiger partial charge >= 0.3 is 6.18 Å². The number of halogens is 3. The smallest absolute Gasteiger partial charge is 0.377 e. The van der Waals surface area contributed by atoms with Crippen molar-refractivity contribution in [2.24, 2.45) is 0 Å². The number of benzene rings is 1. The van der Waals surface area contributed by atoms with Crippen LogP contribution < -0.4 is 5.32 Å². The van der Waals surface area contributed by atoms with E-state index >= 15 is 0 Å². The second-order valence-corrected chi connectivity index (χ2v) is 3.66. The maximum atomic E-state index is 12.5. The van der Waals surface area contributed by atoms with Crippen molar-refractivity contribution in [3.05, 3.63) is 41.5 Å². The molecule has 1 heterocycles. The van der Waals surface area contributed by atoms with Crippen LogP contribution in [0, 0.1) is 11.3 Å². The van der Waals surface area contributed by atoms with Gasteiger partial charge in [-0.05, 0) is 18.2 Å². The Labute approximate surface area is 106 Å². The number of nitrogens with zero attached hydrogens (tertiary/aromatic N) is 3. The van der Waals surface area contributed by atoms with Gasteiger partial charge in [0.25, 0.3) is 0 Å². The van der Waals surface area contributed by atoms with Crippen LogP contribution in [-0.2, 0) is 12.7 Å². The SMILES string of the molecule is N#Cc1cc(C(F)(F)F)ccc1NCc1ncn[nH]1. The Morgan fingerprint density at radius 1 is 1.37 bits per heavy atom. The number of hydrogen-bond acceptors (Lipinski definition) is 4. The molecular weight excluding hydrogens is 259 g/mol. The third-order valence-electron chi connectivity index (χ3n) is 2.38. The number of nitrogens with one attached hydrogen (secondary N) is 2. The summed E-state index contributed by atoms with van der Waals surface area (Å²) in [5.41, 5.74) is -0.615. The number of hydrogen-bond donors (Lipinski definition) is 2. The predicted octanol–water partition coefficient (Wildman–Crippen LogP) is 2.31. The molecule has 0 radical (unpaired) electrons. The molecule has 19 heavy (non-hydrogen) atoms. The molecule has 5 nitrogen and oxygen atoms in total. The Morgan fingerprint density at radius 2 is 2.16 bits per heavy atom. The third kappa shape index (κ3) is 3.01. The second kappa shape index (κ2) is 4.97. The van der Waals surface area contributed by atoms with E-state index in [1.165, 1.54) is 12.4 Å². The van der Waals surface area contributed by atoms with E-state index < -0.39 is 11.7 Å². The molecule has 8 heteroatoms. The molecule has 1 aromatic heterocycles. The van der Waals surface area contributed by atoms with Gasteiger partial charge in [0.05, 0.1) is 23.4 Å². The zero-order chi connectivity index (χ0) is 13.9. The van der Waals surface area contributed by atoms with Crippen molar-refractivity contribution in [1.29, 1.82) is 5.26 Å². The standard InChI is InChI=1S/C11H8F3N5/c12-11(13,14)8-1-2-9(7(3-8)4-15)16-5-10-17-6-18-19-10/h1-3,6,16H,5H2,(H,17,18,19). The molecule has 2 N–H and O–H groups in total. The summed E-state index contributed by atoms with van der Waals surface area (Å²) in [6, 6.07) is 4.68. The number of nitriles is 1. The second-order valence-electron chi connectivity index (χ2n) is 3.66. The van der Waals surface area contributed by atoms with Gasteiger partial charge in [-0.1, -0.05) is 0 Å². The van der Waals surface area contributed by atoms with Crippen LogP contribution in [0.5, 0.6) is 0 Å². The molecule has 0 saturated heterocycles. The molecule has 0 aliphatic rings. The highest BCUT2D eigenvalue weighted by molar-refractivity contribution is 5.58. The molecule has 2 aromatic rings. The first kappa shape index (κ1) is 12.9. The summed E-state index contributed by atoms with van der Waals surface area (Å²) in [5.74, 6) is 0.517. The molecule has 0 aliphatic heterocycles. The van der Waals surface area contributed by atoms with E-state index in [9.17, 15) is 13.2 Å². The number of aromatic amines is 1. The first-order valence-corrected chi connectivity index (χ1v) is 5.20. The minimum Gasteiger partial charge on any atom is -0.377 e. The summed E-state index contributed by atoms with van der Waals surface area (Å²) in [6.07, 6.45) is -3.15. The maximum absolute atomic E-state index is 12.5. The average molecular weight is 267 g/mol. The zero-order valence-electron chi connectivity index (χ0n) is 9.49. The molecule has 1 aromatic carbocycles. The highest BCUT2D eigenvalue weighted by atomic mass is 19.4. The lowest BCUT2D eigenvalue weighted by Gasteiger charge is -2.10.